The highest BCUT2D eigenvalue weighted by Crippen LogP contribution is 2.34. The lowest BCUT2D eigenvalue weighted by atomic mass is 9.95. The van der Waals surface area contributed by atoms with E-state index >= 15 is 0 Å². The van der Waals surface area contributed by atoms with E-state index in [-0.39, 0.29) is 0 Å². The summed E-state index contributed by atoms with van der Waals surface area (Å²) in [7, 11) is 1.61. The Kier molecular flexibility index (Phi) is 8.02. The van der Waals surface area contributed by atoms with Gasteiger partial charge in [0.05, 0.1) is 36.7 Å². The number of hydrogen-bond acceptors (Lipinski definition) is 7. The number of aryl methyl sites for hydroxylation is 1. The molecule has 1 fully saturated rings. The molecule has 1 unspecified atom stereocenters. The number of morpholine rings is 1. The fourth-order valence-electron chi connectivity index (χ4n) is 4.20. The van der Waals surface area contributed by atoms with Gasteiger partial charge in [0, 0.05) is 43.1 Å². The molecule has 0 radical (unpaired) electrons. The van der Waals surface area contributed by atoms with Crippen LogP contribution in [0.4, 0.5) is 5.69 Å². The molecule has 1 atom stereocenters. The molecule has 1 saturated heterocycles. The molecule has 4 rings (SSSR count). The Bertz CT molecular complexity index is 1260. The summed E-state index contributed by atoms with van der Waals surface area (Å²) < 4.78 is 10.6. The van der Waals surface area contributed by atoms with Crippen molar-refractivity contribution in [2.24, 2.45) is 4.99 Å². The van der Waals surface area contributed by atoms with Crippen molar-refractivity contribution in [1.82, 2.24) is 9.97 Å². The van der Waals surface area contributed by atoms with E-state index in [4.69, 9.17) is 9.47 Å². The number of fused-ring (bicyclic) bond motifs is 1. The molecular weight excluding hydrogens is 440 g/mol. The number of aliphatic hydroxyl groups excluding tert-OH is 1. The van der Waals surface area contributed by atoms with Crippen LogP contribution in [0.3, 0.4) is 0 Å². The minimum Gasteiger partial charge on any atom is -0.382 e. The number of aliphatic imine (C=N–C) groups is 1. The molecule has 7 nitrogen and oxygen atoms in total. The largest absolute Gasteiger partial charge is 0.382 e. The number of nitrogens with zero attached hydrogens (tertiary/aromatic N) is 4. The summed E-state index contributed by atoms with van der Waals surface area (Å²) in [5.74, 6) is 0. The molecule has 3 aromatic rings. The molecule has 1 N–H and O–H groups in total. The van der Waals surface area contributed by atoms with Crippen molar-refractivity contribution in [3.05, 3.63) is 77.8 Å². The van der Waals surface area contributed by atoms with Crippen LogP contribution < -0.4 is 4.90 Å². The highest BCUT2D eigenvalue weighted by atomic mass is 16.5. The molecule has 7 heteroatoms. The molecule has 2 heterocycles. The van der Waals surface area contributed by atoms with Crippen LogP contribution in [-0.2, 0) is 9.47 Å². The summed E-state index contributed by atoms with van der Waals surface area (Å²) in [5.41, 5.74) is 6.94. The fourth-order valence-corrected chi connectivity index (χ4v) is 4.20. The Hall–Kier alpha value is -3.39. The molecular formula is C28H32N4O3. The van der Waals surface area contributed by atoms with Crippen LogP contribution in [0, 0.1) is 6.92 Å². The summed E-state index contributed by atoms with van der Waals surface area (Å²) in [4.78, 5) is 16.0. The second-order valence-electron chi connectivity index (χ2n) is 8.54. The van der Waals surface area contributed by atoms with Gasteiger partial charge in [-0.25, -0.2) is 9.97 Å². The lowest BCUT2D eigenvalue weighted by molar-refractivity contribution is 0.122. The van der Waals surface area contributed by atoms with E-state index in [1.54, 1.807) is 25.7 Å². The third kappa shape index (κ3) is 5.48. The molecule has 0 aliphatic carbocycles. The van der Waals surface area contributed by atoms with E-state index in [0.29, 0.717) is 12.3 Å². The Labute approximate surface area is 206 Å². The first-order valence-corrected chi connectivity index (χ1v) is 11.7. The normalized spacial score (nSPS) is 15.9. The van der Waals surface area contributed by atoms with Crippen molar-refractivity contribution in [2.75, 3.05) is 44.9 Å². The van der Waals surface area contributed by atoms with E-state index in [0.717, 1.165) is 70.9 Å². The molecule has 0 amide bonds. The van der Waals surface area contributed by atoms with Gasteiger partial charge in [-0.3, -0.25) is 4.99 Å². The summed E-state index contributed by atoms with van der Waals surface area (Å²) in [6, 6.07) is 12.2. The van der Waals surface area contributed by atoms with E-state index in [1.165, 1.54) is 0 Å². The van der Waals surface area contributed by atoms with Crippen molar-refractivity contribution in [3.63, 3.8) is 0 Å². The average molecular weight is 473 g/mol. The van der Waals surface area contributed by atoms with Crippen molar-refractivity contribution in [3.8, 4) is 11.3 Å². The lowest BCUT2D eigenvalue weighted by Gasteiger charge is -2.29. The minimum absolute atomic E-state index is 0.360. The number of allylic oxidation sites excluding steroid dienone is 2. The van der Waals surface area contributed by atoms with Crippen molar-refractivity contribution >= 4 is 22.8 Å². The molecule has 35 heavy (non-hydrogen) atoms. The van der Waals surface area contributed by atoms with Crippen LogP contribution in [0.1, 0.15) is 24.2 Å². The maximum Gasteiger partial charge on any atom is 0.121 e. The molecule has 2 aromatic carbocycles. The smallest absolute Gasteiger partial charge is 0.121 e. The van der Waals surface area contributed by atoms with E-state index in [2.05, 4.69) is 44.6 Å². The number of aliphatic hydroxyl groups is 1. The van der Waals surface area contributed by atoms with Gasteiger partial charge >= 0.3 is 0 Å². The van der Waals surface area contributed by atoms with Crippen molar-refractivity contribution in [2.45, 2.75) is 20.0 Å². The summed E-state index contributed by atoms with van der Waals surface area (Å²) in [5, 5.41) is 12.2. The fraction of sp³-hybridized carbons (Fsp3) is 0.321. The predicted octanol–water partition coefficient (Wildman–Crippen LogP) is 4.65. The topological polar surface area (TPSA) is 80.1 Å². The summed E-state index contributed by atoms with van der Waals surface area (Å²) >= 11 is 0. The van der Waals surface area contributed by atoms with Crippen LogP contribution in [0.2, 0.25) is 0 Å². The van der Waals surface area contributed by atoms with Crippen LogP contribution >= 0.6 is 0 Å². The zero-order valence-electron chi connectivity index (χ0n) is 20.6. The van der Waals surface area contributed by atoms with Crippen LogP contribution in [0.25, 0.3) is 22.2 Å². The van der Waals surface area contributed by atoms with Gasteiger partial charge in [-0.15, -0.1) is 0 Å². The first-order valence-electron chi connectivity index (χ1n) is 11.7. The number of rotatable bonds is 8. The quantitative estimate of drug-likeness (QED) is 0.380. The SMILES string of the molecule is C=CC(C)=C(N=CCOC)C(O)c1ccc(C)c(-c2ncnc3cc(N4CCOCC4)ccc23)c1. The first kappa shape index (κ1) is 24.7. The summed E-state index contributed by atoms with van der Waals surface area (Å²) in [6.45, 7) is 11.3. The van der Waals surface area contributed by atoms with Gasteiger partial charge in [0.1, 0.15) is 12.4 Å². The number of aromatic nitrogens is 2. The van der Waals surface area contributed by atoms with Gasteiger partial charge in [0.25, 0.3) is 0 Å². The molecule has 1 aromatic heterocycles. The van der Waals surface area contributed by atoms with Gasteiger partial charge in [0.2, 0.25) is 0 Å². The zero-order chi connectivity index (χ0) is 24.8. The molecule has 182 valence electrons. The summed E-state index contributed by atoms with van der Waals surface area (Å²) in [6.07, 6.45) is 4.03. The second kappa shape index (κ2) is 11.4. The van der Waals surface area contributed by atoms with E-state index in [9.17, 15) is 5.11 Å². The zero-order valence-corrected chi connectivity index (χ0v) is 20.6. The maximum atomic E-state index is 11.2. The number of anilines is 1. The number of benzene rings is 2. The number of methoxy groups -OCH3 is 1. The van der Waals surface area contributed by atoms with Crippen molar-refractivity contribution in [1.29, 1.82) is 0 Å². The number of ether oxygens (including phenoxy) is 2. The third-order valence-corrected chi connectivity index (χ3v) is 6.27. The maximum absolute atomic E-state index is 11.2. The van der Waals surface area contributed by atoms with E-state index < -0.39 is 6.10 Å². The van der Waals surface area contributed by atoms with Crippen molar-refractivity contribution < 1.29 is 14.6 Å². The highest BCUT2D eigenvalue weighted by molar-refractivity contribution is 5.94. The second-order valence-corrected chi connectivity index (χ2v) is 8.54. The Morgan fingerprint density at radius 2 is 2.03 bits per heavy atom. The highest BCUT2D eigenvalue weighted by Gasteiger charge is 2.19. The Morgan fingerprint density at radius 1 is 1.23 bits per heavy atom. The lowest BCUT2D eigenvalue weighted by Crippen LogP contribution is -2.36. The monoisotopic (exact) mass is 472 g/mol. The molecule has 1 aliphatic heterocycles. The van der Waals surface area contributed by atoms with Gasteiger partial charge in [-0.1, -0.05) is 24.8 Å². The number of hydrogen-bond donors (Lipinski definition) is 1. The van der Waals surface area contributed by atoms with Gasteiger partial charge in [0.15, 0.2) is 0 Å². The van der Waals surface area contributed by atoms with Gasteiger partial charge < -0.3 is 19.5 Å². The van der Waals surface area contributed by atoms with Crippen LogP contribution in [0.15, 0.2) is 71.6 Å². The molecule has 0 spiro atoms. The Balaban J connectivity index is 1.74. The predicted molar refractivity (Wildman–Crippen MR) is 141 cm³/mol. The average Bonchev–Trinajstić information content (AvgIpc) is 2.90. The van der Waals surface area contributed by atoms with Crippen LogP contribution in [-0.4, -0.2) is 61.3 Å². The third-order valence-electron chi connectivity index (χ3n) is 6.27. The minimum atomic E-state index is -0.915. The Morgan fingerprint density at radius 3 is 2.77 bits per heavy atom. The molecule has 0 bridgehead atoms. The van der Waals surface area contributed by atoms with Crippen LogP contribution in [0.5, 0.6) is 0 Å². The van der Waals surface area contributed by atoms with E-state index in [1.807, 2.05) is 32.0 Å². The van der Waals surface area contributed by atoms with Gasteiger partial charge in [-0.2, -0.15) is 0 Å². The molecule has 1 aliphatic rings. The first-order chi connectivity index (χ1) is 17.0. The van der Waals surface area contributed by atoms with Gasteiger partial charge in [-0.05, 0) is 54.8 Å². The molecule has 0 saturated carbocycles. The standard InChI is InChI=1S/C28H32N4O3/c1-5-19(2)26(29-10-13-34-4)28(33)21-7-6-20(3)24(16-21)27-23-9-8-22(17-25(23)30-18-31-27)32-11-14-35-15-12-32/h5-10,16-18,28,33H,1,11-15H2,2-4H3.